The van der Waals surface area contributed by atoms with Crippen molar-refractivity contribution in [2.75, 3.05) is 14.2 Å². The molecule has 20 heavy (non-hydrogen) atoms. The van der Waals surface area contributed by atoms with Crippen LogP contribution in [0, 0.1) is 0 Å². The van der Waals surface area contributed by atoms with Crippen molar-refractivity contribution < 1.29 is 13.9 Å². The highest BCUT2D eigenvalue weighted by molar-refractivity contribution is 5.86. The molecule has 0 saturated heterocycles. The number of benzene rings is 1. The standard InChI is InChI=1S/C16H19NO3/c1-4-11-7-5-6-8-12(11)15(17-2)13-9-10-14(20-13)16(18)19-3/h5-10,15,17H,4H2,1-3H3. The van der Waals surface area contributed by atoms with Crippen molar-refractivity contribution in [3.8, 4) is 0 Å². The second-order valence-corrected chi connectivity index (χ2v) is 4.47. The predicted molar refractivity (Wildman–Crippen MR) is 76.8 cm³/mol. The third kappa shape index (κ3) is 2.75. The lowest BCUT2D eigenvalue weighted by Gasteiger charge is -2.17. The summed E-state index contributed by atoms with van der Waals surface area (Å²) in [6.07, 6.45) is 0.943. The van der Waals surface area contributed by atoms with Crippen LogP contribution in [0.1, 0.15) is 40.4 Å². The van der Waals surface area contributed by atoms with Gasteiger partial charge in [0, 0.05) is 0 Å². The Bertz CT molecular complexity index is 589. The highest BCUT2D eigenvalue weighted by Crippen LogP contribution is 2.27. The molecule has 1 heterocycles. The van der Waals surface area contributed by atoms with E-state index in [0.29, 0.717) is 5.76 Å². The van der Waals surface area contributed by atoms with Gasteiger partial charge in [-0.15, -0.1) is 0 Å². The van der Waals surface area contributed by atoms with Crippen molar-refractivity contribution in [3.05, 3.63) is 59.0 Å². The normalized spacial score (nSPS) is 12.2. The second-order valence-electron chi connectivity index (χ2n) is 4.47. The molecule has 0 aliphatic heterocycles. The van der Waals surface area contributed by atoms with E-state index in [9.17, 15) is 4.79 Å². The van der Waals surface area contributed by atoms with Gasteiger partial charge in [-0.05, 0) is 36.7 Å². The minimum Gasteiger partial charge on any atom is -0.463 e. The van der Waals surface area contributed by atoms with E-state index < -0.39 is 5.97 Å². The van der Waals surface area contributed by atoms with Crippen LogP contribution in [-0.4, -0.2) is 20.1 Å². The summed E-state index contributed by atoms with van der Waals surface area (Å²) in [5, 5.41) is 3.23. The van der Waals surface area contributed by atoms with Crippen molar-refractivity contribution in [3.63, 3.8) is 0 Å². The Morgan fingerprint density at radius 3 is 2.70 bits per heavy atom. The van der Waals surface area contributed by atoms with Crippen LogP contribution >= 0.6 is 0 Å². The molecule has 0 aliphatic rings. The first-order valence-electron chi connectivity index (χ1n) is 6.64. The van der Waals surface area contributed by atoms with E-state index in [2.05, 4.69) is 29.1 Å². The van der Waals surface area contributed by atoms with Gasteiger partial charge < -0.3 is 14.5 Å². The number of rotatable bonds is 5. The molecule has 0 bridgehead atoms. The largest absolute Gasteiger partial charge is 0.463 e. The van der Waals surface area contributed by atoms with Crippen LogP contribution in [0.3, 0.4) is 0 Å². The van der Waals surface area contributed by atoms with Crippen LogP contribution < -0.4 is 5.32 Å². The number of hydrogen-bond acceptors (Lipinski definition) is 4. The maximum atomic E-state index is 11.5. The van der Waals surface area contributed by atoms with Crippen molar-refractivity contribution in [1.29, 1.82) is 0 Å². The van der Waals surface area contributed by atoms with E-state index in [0.717, 1.165) is 12.0 Å². The summed E-state index contributed by atoms with van der Waals surface area (Å²) in [5.41, 5.74) is 2.41. The van der Waals surface area contributed by atoms with E-state index in [4.69, 9.17) is 4.42 Å². The number of furan rings is 1. The van der Waals surface area contributed by atoms with Crippen LogP contribution in [0.15, 0.2) is 40.8 Å². The fourth-order valence-corrected chi connectivity index (χ4v) is 2.31. The molecule has 0 fully saturated rings. The summed E-state index contributed by atoms with van der Waals surface area (Å²) in [6.45, 7) is 2.12. The van der Waals surface area contributed by atoms with E-state index in [-0.39, 0.29) is 11.8 Å². The molecule has 2 rings (SSSR count). The summed E-state index contributed by atoms with van der Waals surface area (Å²) >= 11 is 0. The minimum absolute atomic E-state index is 0.0791. The summed E-state index contributed by atoms with van der Waals surface area (Å²) in [5.74, 6) is 0.459. The Kier molecular flexibility index (Phi) is 4.58. The molecular weight excluding hydrogens is 254 g/mol. The SMILES string of the molecule is CCc1ccccc1C(NC)c1ccc(C(=O)OC)o1. The van der Waals surface area contributed by atoms with E-state index in [1.165, 1.54) is 12.7 Å². The van der Waals surface area contributed by atoms with Gasteiger partial charge in [0.15, 0.2) is 0 Å². The Morgan fingerprint density at radius 1 is 1.30 bits per heavy atom. The maximum absolute atomic E-state index is 11.5. The fourth-order valence-electron chi connectivity index (χ4n) is 2.31. The molecule has 1 N–H and O–H groups in total. The number of aryl methyl sites for hydroxylation is 1. The molecule has 0 radical (unpaired) electrons. The minimum atomic E-state index is -0.463. The molecule has 0 aliphatic carbocycles. The quantitative estimate of drug-likeness (QED) is 0.851. The molecule has 4 nitrogen and oxygen atoms in total. The molecule has 1 aromatic carbocycles. The Morgan fingerprint density at radius 2 is 2.05 bits per heavy atom. The second kappa shape index (κ2) is 6.39. The lowest BCUT2D eigenvalue weighted by molar-refractivity contribution is 0.0562. The molecule has 1 unspecified atom stereocenters. The number of methoxy groups -OCH3 is 1. The van der Waals surface area contributed by atoms with Crippen LogP contribution in [0.2, 0.25) is 0 Å². The third-order valence-corrected chi connectivity index (χ3v) is 3.33. The van der Waals surface area contributed by atoms with Gasteiger partial charge >= 0.3 is 5.97 Å². The van der Waals surface area contributed by atoms with E-state index in [1.54, 1.807) is 12.1 Å². The first-order chi connectivity index (χ1) is 9.71. The number of hydrogen-bond donors (Lipinski definition) is 1. The molecule has 1 atom stereocenters. The summed E-state index contributed by atoms with van der Waals surface area (Å²) in [7, 11) is 3.21. The van der Waals surface area contributed by atoms with Gasteiger partial charge in [0.05, 0.1) is 13.2 Å². The Hall–Kier alpha value is -2.07. The topological polar surface area (TPSA) is 51.5 Å². The molecule has 0 saturated carbocycles. The fraction of sp³-hybridized carbons (Fsp3) is 0.312. The Balaban J connectivity index is 2.37. The predicted octanol–water partition coefficient (Wildman–Crippen LogP) is 2.94. The van der Waals surface area contributed by atoms with Gasteiger partial charge in [-0.1, -0.05) is 31.2 Å². The molecule has 4 heteroatoms. The molecule has 106 valence electrons. The molecular formula is C16H19NO3. The van der Waals surface area contributed by atoms with Gasteiger partial charge in [0.1, 0.15) is 5.76 Å². The van der Waals surface area contributed by atoms with Crippen LogP contribution in [0.25, 0.3) is 0 Å². The van der Waals surface area contributed by atoms with Crippen LogP contribution in [-0.2, 0) is 11.2 Å². The summed E-state index contributed by atoms with van der Waals surface area (Å²) in [4.78, 5) is 11.5. The van der Waals surface area contributed by atoms with Crippen LogP contribution in [0.4, 0.5) is 0 Å². The maximum Gasteiger partial charge on any atom is 0.373 e. The lowest BCUT2D eigenvalue weighted by atomic mass is 9.97. The number of carbonyl (C=O) groups excluding carboxylic acids is 1. The number of ether oxygens (including phenoxy) is 1. The van der Waals surface area contributed by atoms with Crippen molar-refractivity contribution in [2.45, 2.75) is 19.4 Å². The molecule has 1 aromatic heterocycles. The van der Waals surface area contributed by atoms with Crippen molar-refractivity contribution in [1.82, 2.24) is 5.32 Å². The third-order valence-electron chi connectivity index (χ3n) is 3.33. The molecule has 2 aromatic rings. The monoisotopic (exact) mass is 273 g/mol. The van der Waals surface area contributed by atoms with Crippen molar-refractivity contribution >= 4 is 5.97 Å². The van der Waals surface area contributed by atoms with E-state index >= 15 is 0 Å². The van der Waals surface area contributed by atoms with E-state index in [1.807, 2.05) is 19.2 Å². The van der Waals surface area contributed by atoms with Crippen molar-refractivity contribution in [2.24, 2.45) is 0 Å². The van der Waals surface area contributed by atoms with Gasteiger partial charge in [-0.3, -0.25) is 0 Å². The van der Waals surface area contributed by atoms with Gasteiger partial charge in [0.25, 0.3) is 0 Å². The zero-order valence-corrected chi connectivity index (χ0v) is 12.0. The first-order valence-corrected chi connectivity index (χ1v) is 6.64. The smallest absolute Gasteiger partial charge is 0.373 e. The average molecular weight is 273 g/mol. The molecule has 0 spiro atoms. The Labute approximate surface area is 118 Å². The highest BCUT2D eigenvalue weighted by atomic mass is 16.5. The molecule has 0 amide bonds. The van der Waals surface area contributed by atoms with Crippen LogP contribution in [0.5, 0.6) is 0 Å². The highest BCUT2D eigenvalue weighted by Gasteiger charge is 2.20. The number of nitrogens with one attached hydrogen (secondary N) is 1. The zero-order valence-electron chi connectivity index (χ0n) is 12.0. The zero-order chi connectivity index (χ0) is 14.5. The van der Waals surface area contributed by atoms with Gasteiger partial charge in [0.2, 0.25) is 5.76 Å². The number of esters is 1. The van der Waals surface area contributed by atoms with Gasteiger partial charge in [-0.25, -0.2) is 4.79 Å². The summed E-state index contributed by atoms with van der Waals surface area (Å²) in [6, 6.07) is 11.6. The van der Waals surface area contributed by atoms with Gasteiger partial charge in [-0.2, -0.15) is 0 Å². The lowest BCUT2D eigenvalue weighted by Crippen LogP contribution is -2.18. The first kappa shape index (κ1) is 14.3. The average Bonchev–Trinajstić information content (AvgIpc) is 2.97. The number of carbonyl (C=O) groups is 1. The summed E-state index contributed by atoms with van der Waals surface area (Å²) < 4.78 is 10.3.